The number of hydrogen-bond donors (Lipinski definition) is 0. The molecule has 1 aromatic rings. The highest BCUT2D eigenvalue weighted by Gasteiger charge is 2.10. The Hall–Kier alpha value is -0.330. The molecule has 0 aliphatic rings. The number of halogens is 1. The largest absolute Gasteiger partial charge is 0.198 e. The maximum Gasteiger partial charge on any atom is 0.0789 e. The van der Waals surface area contributed by atoms with E-state index in [2.05, 4.69) is 22.0 Å². The molecule has 0 N–H and O–H groups in total. The quantitative estimate of drug-likeness (QED) is 0.724. The minimum absolute atomic E-state index is 0.00285. The molecule has 3 heteroatoms. The molecule has 0 amide bonds. The third kappa shape index (κ3) is 1.82. The number of rotatable bonds is 1. The van der Waals surface area contributed by atoms with Gasteiger partial charge in [0.2, 0.25) is 0 Å². The Labute approximate surface area is 78.8 Å². The molecule has 0 saturated carbocycles. The summed E-state index contributed by atoms with van der Waals surface area (Å²) in [5, 5.41) is 8.66. The van der Waals surface area contributed by atoms with Crippen molar-refractivity contribution >= 4 is 27.3 Å². The van der Waals surface area contributed by atoms with Gasteiger partial charge >= 0.3 is 0 Å². The van der Waals surface area contributed by atoms with Gasteiger partial charge in [-0.2, -0.15) is 5.26 Å². The Morgan fingerprint density at radius 3 is 2.73 bits per heavy atom. The predicted octanol–water partition coefficient (Wildman–Crippen LogP) is 3.45. The van der Waals surface area contributed by atoms with E-state index in [4.69, 9.17) is 5.26 Å². The van der Waals surface area contributed by atoms with Gasteiger partial charge in [-0.25, -0.2) is 0 Å². The first-order valence-corrected chi connectivity index (χ1v) is 4.91. The Bertz CT molecular complexity index is 298. The summed E-state index contributed by atoms with van der Waals surface area (Å²) in [4.78, 5) is 2.37. The SMILES string of the molecule is Cc1cc(Br)c(C(C)C#N)s1. The zero-order valence-electron chi connectivity index (χ0n) is 6.39. The Morgan fingerprint density at radius 1 is 1.73 bits per heavy atom. The van der Waals surface area contributed by atoms with E-state index in [0.29, 0.717) is 0 Å². The summed E-state index contributed by atoms with van der Waals surface area (Å²) in [7, 11) is 0. The molecule has 0 aromatic carbocycles. The molecule has 1 unspecified atom stereocenters. The van der Waals surface area contributed by atoms with Crippen LogP contribution in [0.25, 0.3) is 0 Å². The molecule has 1 nitrogen and oxygen atoms in total. The molecule has 1 atom stereocenters. The van der Waals surface area contributed by atoms with Crippen LogP contribution < -0.4 is 0 Å². The third-order valence-corrected chi connectivity index (χ3v) is 3.57. The van der Waals surface area contributed by atoms with E-state index in [0.717, 1.165) is 9.35 Å². The second-order valence-electron chi connectivity index (χ2n) is 2.42. The van der Waals surface area contributed by atoms with E-state index in [9.17, 15) is 0 Å². The van der Waals surface area contributed by atoms with Gasteiger partial charge in [-0.15, -0.1) is 11.3 Å². The molecule has 1 aromatic heterocycles. The molecule has 58 valence electrons. The van der Waals surface area contributed by atoms with Gasteiger partial charge in [-0.05, 0) is 35.8 Å². The van der Waals surface area contributed by atoms with Crippen molar-refractivity contribution in [2.45, 2.75) is 19.8 Å². The summed E-state index contributed by atoms with van der Waals surface area (Å²) < 4.78 is 1.06. The first kappa shape index (κ1) is 8.76. The van der Waals surface area contributed by atoms with Crippen LogP contribution in [0.15, 0.2) is 10.5 Å². The van der Waals surface area contributed by atoms with Crippen LogP contribution in [0.3, 0.4) is 0 Å². The number of aryl methyl sites for hydroxylation is 1. The van der Waals surface area contributed by atoms with Crippen LogP contribution in [0.1, 0.15) is 22.6 Å². The van der Waals surface area contributed by atoms with E-state index in [-0.39, 0.29) is 5.92 Å². The molecule has 0 radical (unpaired) electrons. The first-order chi connectivity index (χ1) is 5.15. The number of hydrogen-bond acceptors (Lipinski definition) is 2. The highest BCUT2D eigenvalue weighted by atomic mass is 79.9. The lowest BCUT2D eigenvalue weighted by Crippen LogP contribution is -1.83. The summed E-state index contributed by atoms with van der Waals surface area (Å²) in [6, 6.07) is 4.27. The van der Waals surface area contributed by atoms with Crippen LogP contribution >= 0.6 is 27.3 Å². The molecule has 0 spiro atoms. The van der Waals surface area contributed by atoms with Crippen molar-refractivity contribution in [3.63, 3.8) is 0 Å². The molecule has 1 rings (SSSR count). The van der Waals surface area contributed by atoms with Crippen LogP contribution in [-0.2, 0) is 0 Å². The second-order valence-corrected chi connectivity index (χ2v) is 4.56. The lowest BCUT2D eigenvalue weighted by molar-refractivity contribution is 1.01. The van der Waals surface area contributed by atoms with Gasteiger partial charge in [0.1, 0.15) is 0 Å². The van der Waals surface area contributed by atoms with E-state index in [1.165, 1.54) is 4.88 Å². The molecule has 0 aliphatic heterocycles. The average molecular weight is 230 g/mol. The second kappa shape index (κ2) is 3.38. The summed E-state index contributed by atoms with van der Waals surface area (Å²) >= 11 is 5.10. The van der Waals surface area contributed by atoms with Crippen LogP contribution in [0.5, 0.6) is 0 Å². The highest BCUT2D eigenvalue weighted by molar-refractivity contribution is 9.10. The minimum atomic E-state index is 0.00285. The summed E-state index contributed by atoms with van der Waals surface area (Å²) in [5.41, 5.74) is 0. The zero-order chi connectivity index (χ0) is 8.43. The monoisotopic (exact) mass is 229 g/mol. The summed E-state index contributed by atoms with van der Waals surface area (Å²) in [6.45, 7) is 3.96. The van der Waals surface area contributed by atoms with Crippen molar-refractivity contribution in [3.8, 4) is 6.07 Å². The maximum absolute atomic E-state index is 8.66. The smallest absolute Gasteiger partial charge is 0.0789 e. The van der Waals surface area contributed by atoms with Gasteiger partial charge < -0.3 is 0 Å². The normalized spacial score (nSPS) is 12.5. The fourth-order valence-corrected chi connectivity index (χ4v) is 2.85. The number of thiophene rings is 1. The van der Waals surface area contributed by atoms with E-state index in [1.54, 1.807) is 11.3 Å². The van der Waals surface area contributed by atoms with E-state index >= 15 is 0 Å². The average Bonchev–Trinajstić information content (AvgIpc) is 2.28. The van der Waals surface area contributed by atoms with Crippen molar-refractivity contribution in [3.05, 3.63) is 20.3 Å². The molecule has 0 bridgehead atoms. The maximum atomic E-state index is 8.66. The van der Waals surface area contributed by atoms with Crippen molar-refractivity contribution in [1.82, 2.24) is 0 Å². The van der Waals surface area contributed by atoms with Crippen LogP contribution in [0.2, 0.25) is 0 Å². The number of nitrogens with zero attached hydrogens (tertiary/aromatic N) is 1. The van der Waals surface area contributed by atoms with Crippen molar-refractivity contribution in [2.24, 2.45) is 0 Å². The Balaban J connectivity index is 3.05. The Morgan fingerprint density at radius 2 is 2.36 bits per heavy atom. The van der Waals surface area contributed by atoms with Crippen molar-refractivity contribution in [2.75, 3.05) is 0 Å². The molecule has 11 heavy (non-hydrogen) atoms. The summed E-state index contributed by atoms with van der Waals surface area (Å²) in [5.74, 6) is 0.00285. The zero-order valence-corrected chi connectivity index (χ0v) is 8.79. The van der Waals surface area contributed by atoms with Crippen molar-refractivity contribution in [1.29, 1.82) is 5.26 Å². The van der Waals surface area contributed by atoms with Gasteiger partial charge in [0.25, 0.3) is 0 Å². The van der Waals surface area contributed by atoms with Gasteiger partial charge in [-0.1, -0.05) is 0 Å². The fraction of sp³-hybridized carbons (Fsp3) is 0.375. The van der Waals surface area contributed by atoms with Gasteiger partial charge in [-0.3, -0.25) is 0 Å². The Kier molecular flexibility index (Phi) is 2.69. The van der Waals surface area contributed by atoms with Gasteiger partial charge in [0, 0.05) is 14.2 Å². The molecule has 0 fully saturated rings. The minimum Gasteiger partial charge on any atom is -0.198 e. The lowest BCUT2D eigenvalue weighted by atomic mass is 10.2. The lowest BCUT2D eigenvalue weighted by Gasteiger charge is -1.96. The highest BCUT2D eigenvalue weighted by Crippen LogP contribution is 2.32. The van der Waals surface area contributed by atoms with Gasteiger partial charge in [0.05, 0.1) is 12.0 Å². The molecular weight excluding hydrogens is 222 g/mol. The molecule has 1 heterocycles. The van der Waals surface area contributed by atoms with Crippen molar-refractivity contribution < 1.29 is 0 Å². The fourth-order valence-electron chi connectivity index (χ4n) is 0.855. The van der Waals surface area contributed by atoms with E-state index in [1.807, 2.05) is 19.9 Å². The molecule has 0 aliphatic carbocycles. The predicted molar refractivity (Wildman–Crippen MR) is 50.8 cm³/mol. The topological polar surface area (TPSA) is 23.8 Å². The standard InChI is InChI=1S/C8H8BrNS/c1-5(4-10)8-7(9)3-6(2)11-8/h3,5H,1-2H3. The summed E-state index contributed by atoms with van der Waals surface area (Å²) in [6.07, 6.45) is 0. The first-order valence-electron chi connectivity index (χ1n) is 3.30. The van der Waals surface area contributed by atoms with Crippen LogP contribution in [-0.4, -0.2) is 0 Å². The number of nitriles is 1. The van der Waals surface area contributed by atoms with Crippen LogP contribution in [0.4, 0.5) is 0 Å². The molecule has 0 saturated heterocycles. The third-order valence-electron chi connectivity index (χ3n) is 1.42. The van der Waals surface area contributed by atoms with Gasteiger partial charge in [0.15, 0.2) is 0 Å². The van der Waals surface area contributed by atoms with Crippen LogP contribution in [0, 0.1) is 18.3 Å². The van der Waals surface area contributed by atoms with E-state index < -0.39 is 0 Å². The molecular formula is C8H8BrNS.